The summed E-state index contributed by atoms with van der Waals surface area (Å²) in [6.45, 7) is 4.50. The molecule has 2 atom stereocenters. The monoisotopic (exact) mass is 292 g/mol. The number of unbranched alkanes of at least 4 members (excludes halogenated alkanes) is 2. The number of carbonyl (C=O) groups excluding carboxylic acids is 1. The second-order valence-corrected chi connectivity index (χ2v) is 7.77. The van der Waals surface area contributed by atoms with Crippen LogP contribution in [0.5, 0.6) is 0 Å². The summed E-state index contributed by atoms with van der Waals surface area (Å²) in [5.41, 5.74) is 0. The summed E-state index contributed by atoms with van der Waals surface area (Å²) in [4.78, 5) is 12.3. The van der Waals surface area contributed by atoms with E-state index < -0.39 is 0 Å². The minimum Gasteiger partial charge on any atom is -0.299 e. The molecule has 0 spiro atoms. The van der Waals surface area contributed by atoms with Gasteiger partial charge < -0.3 is 0 Å². The van der Waals surface area contributed by atoms with Crippen molar-refractivity contribution in [2.24, 2.45) is 23.7 Å². The normalized spacial score (nSPS) is 34.1. The molecule has 2 aliphatic carbocycles. The molecule has 0 aromatic carbocycles. The van der Waals surface area contributed by atoms with Gasteiger partial charge in [-0.3, -0.25) is 4.79 Å². The van der Waals surface area contributed by atoms with Crippen molar-refractivity contribution in [1.29, 1.82) is 0 Å². The van der Waals surface area contributed by atoms with Crippen molar-refractivity contribution >= 4 is 5.78 Å². The highest BCUT2D eigenvalue weighted by molar-refractivity contribution is 5.81. The lowest BCUT2D eigenvalue weighted by Gasteiger charge is -2.37. The molecule has 1 heteroatoms. The molecule has 1 nitrogen and oxygen atoms in total. The summed E-state index contributed by atoms with van der Waals surface area (Å²) >= 11 is 0. The van der Waals surface area contributed by atoms with Gasteiger partial charge in [0.05, 0.1) is 0 Å². The van der Waals surface area contributed by atoms with E-state index in [1.807, 2.05) is 0 Å². The van der Waals surface area contributed by atoms with Crippen molar-refractivity contribution in [3.05, 3.63) is 0 Å². The van der Waals surface area contributed by atoms with E-state index in [9.17, 15) is 4.79 Å². The first-order valence-electron chi connectivity index (χ1n) is 9.77. The summed E-state index contributed by atoms with van der Waals surface area (Å²) in [6, 6.07) is 0. The molecule has 0 aromatic heterocycles. The minimum absolute atomic E-state index is 0.414. The molecule has 2 saturated carbocycles. The smallest absolute Gasteiger partial charge is 0.136 e. The molecule has 0 radical (unpaired) electrons. The van der Waals surface area contributed by atoms with Crippen LogP contribution in [0.4, 0.5) is 0 Å². The average molecular weight is 293 g/mol. The Hall–Kier alpha value is -0.330. The van der Waals surface area contributed by atoms with Gasteiger partial charge >= 0.3 is 0 Å². The summed E-state index contributed by atoms with van der Waals surface area (Å²) in [5, 5.41) is 0. The average Bonchev–Trinajstić information content (AvgIpc) is 2.50. The van der Waals surface area contributed by atoms with E-state index in [0.717, 1.165) is 30.6 Å². The van der Waals surface area contributed by atoms with E-state index in [2.05, 4.69) is 13.8 Å². The second kappa shape index (κ2) is 8.96. The molecule has 2 aliphatic rings. The Bertz CT molecular complexity index is 301. The Balaban J connectivity index is 1.69. The molecule has 2 fully saturated rings. The Kier molecular flexibility index (Phi) is 7.26. The van der Waals surface area contributed by atoms with Crippen LogP contribution in [-0.4, -0.2) is 5.78 Å². The van der Waals surface area contributed by atoms with E-state index in [4.69, 9.17) is 0 Å². The van der Waals surface area contributed by atoms with Crippen LogP contribution >= 0.6 is 0 Å². The zero-order valence-electron chi connectivity index (χ0n) is 14.4. The molecule has 21 heavy (non-hydrogen) atoms. The van der Waals surface area contributed by atoms with Crippen LogP contribution in [0.15, 0.2) is 0 Å². The summed E-state index contributed by atoms with van der Waals surface area (Å²) in [6.07, 6.45) is 17.1. The molecule has 0 bridgehead atoms. The fourth-order valence-corrected chi connectivity index (χ4v) is 4.79. The largest absolute Gasteiger partial charge is 0.299 e. The van der Waals surface area contributed by atoms with E-state index >= 15 is 0 Å². The SMILES string of the molecule is CCCCCC1CCC([C@@H]2CC[C@@H](CCC)C(=O)C2)CC1. The van der Waals surface area contributed by atoms with Crippen molar-refractivity contribution in [3.8, 4) is 0 Å². The number of hydrogen-bond acceptors (Lipinski definition) is 1. The van der Waals surface area contributed by atoms with Crippen molar-refractivity contribution in [2.45, 2.75) is 97.3 Å². The van der Waals surface area contributed by atoms with Crippen molar-refractivity contribution in [2.75, 3.05) is 0 Å². The second-order valence-electron chi connectivity index (χ2n) is 7.77. The zero-order chi connectivity index (χ0) is 15.1. The molecule has 0 aromatic rings. The Morgan fingerprint density at radius 1 is 0.810 bits per heavy atom. The lowest BCUT2D eigenvalue weighted by molar-refractivity contribution is -0.127. The quantitative estimate of drug-likeness (QED) is 0.514. The molecule has 0 amide bonds. The first-order valence-corrected chi connectivity index (χ1v) is 9.77. The van der Waals surface area contributed by atoms with Crippen LogP contribution in [-0.2, 0) is 4.79 Å². The molecular formula is C20H36O. The number of hydrogen-bond donors (Lipinski definition) is 0. The highest BCUT2D eigenvalue weighted by Crippen LogP contribution is 2.41. The van der Waals surface area contributed by atoms with Gasteiger partial charge in [-0.15, -0.1) is 0 Å². The van der Waals surface area contributed by atoms with E-state index in [1.54, 1.807) is 0 Å². The summed E-state index contributed by atoms with van der Waals surface area (Å²) in [7, 11) is 0. The van der Waals surface area contributed by atoms with Crippen LogP contribution in [0, 0.1) is 23.7 Å². The van der Waals surface area contributed by atoms with Gasteiger partial charge in [-0.1, -0.05) is 58.8 Å². The fraction of sp³-hybridized carbons (Fsp3) is 0.950. The van der Waals surface area contributed by atoms with Crippen molar-refractivity contribution in [1.82, 2.24) is 0 Å². The standard InChI is InChI=1S/C20H36O/c1-3-5-6-8-16-9-11-17(12-10-16)19-14-13-18(7-4-2)20(21)15-19/h16-19H,3-15H2,1-2H3/t16?,17?,18-,19-/m1/s1. The number of rotatable bonds is 7. The molecule has 0 N–H and O–H groups in total. The Morgan fingerprint density at radius 3 is 2.14 bits per heavy atom. The molecule has 2 rings (SSSR count). The molecule has 122 valence electrons. The lowest BCUT2D eigenvalue weighted by Crippen LogP contribution is -2.31. The van der Waals surface area contributed by atoms with Crippen LogP contribution < -0.4 is 0 Å². The third-order valence-corrected chi connectivity index (χ3v) is 6.22. The maximum absolute atomic E-state index is 12.3. The fourth-order valence-electron chi connectivity index (χ4n) is 4.79. The molecular weight excluding hydrogens is 256 g/mol. The number of Topliss-reactive ketones (excluding diaryl/α,β-unsaturated/α-hetero) is 1. The van der Waals surface area contributed by atoms with Crippen molar-refractivity contribution in [3.63, 3.8) is 0 Å². The maximum atomic E-state index is 12.3. The first-order chi connectivity index (χ1) is 10.2. The van der Waals surface area contributed by atoms with Gasteiger partial charge in [0.1, 0.15) is 5.78 Å². The van der Waals surface area contributed by atoms with Gasteiger partial charge in [0.2, 0.25) is 0 Å². The summed E-state index contributed by atoms with van der Waals surface area (Å²) in [5.74, 6) is 3.62. The minimum atomic E-state index is 0.414. The highest BCUT2D eigenvalue weighted by Gasteiger charge is 2.34. The van der Waals surface area contributed by atoms with Gasteiger partial charge in [0.25, 0.3) is 0 Å². The van der Waals surface area contributed by atoms with Crippen LogP contribution in [0.3, 0.4) is 0 Å². The molecule has 0 heterocycles. The number of carbonyl (C=O) groups is 1. The Labute approximate surface area is 132 Å². The van der Waals surface area contributed by atoms with Crippen LogP contribution in [0.1, 0.15) is 97.3 Å². The van der Waals surface area contributed by atoms with Gasteiger partial charge in [0, 0.05) is 12.3 Å². The highest BCUT2D eigenvalue weighted by atomic mass is 16.1. The Morgan fingerprint density at radius 2 is 1.52 bits per heavy atom. The van der Waals surface area contributed by atoms with Gasteiger partial charge in [-0.25, -0.2) is 0 Å². The van der Waals surface area contributed by atoms with Crippen molar-refractivity contribution < 1.29 is 4.79 Å². The van der Waals surface area contributed by atoms with E-state index in [0.29, 0.717) is 11.7 Å². The molecule has 0 unspecified atom stereocenters. The third-order valence-electron chi connectivity index (χ3n) is 6.22. The van der Waals surface area contributed by atoms with E-state index in [1.165, 1.54) is 70.6 Å². The zero-order valence-corrected chi connectivity index (χ0v) is 14.4. The topological polar surface area (TPSA) is 17.1 Å². The van der Waals surface area contributed by atoms with Crippen LogP contribution in [0.2, 0.25) is 0 Å². The predicted molar refractivity (Wildman–Crippen MR) is 90.3 cm³/mol. The van der Waals surface area contributed by atoms with Crippen LogP contribution in [0.25, 0.3) is 0 Å². The number of ketones is 1. The third kappa shape index (κ3) is 5.11. The predicted octanol–water partition coefficient (Wildman–Crippen LogP) is 6.16. The van der Waals surface area contributed by atoms with Gasteiger partial charge in [-0.05, 0) is 49.9 Å². The first kappa shape index (κ1) is 17.0. The summed E-state index contributed by atoms with van der Waals surface area (Å²) < 4.78 is 0. The van der Waals surface area contributed by atoms with Gasteiger partial charge in [0.15, 0.2) is 0 Å². The van der Waals surface area contributed by atoms with E-state index in [-0.39, 0.29) is 0 Å². The maximum Gasteiger partial charge on any atom is 0.136 e. The lowest BCUT2D eigenvalue weighted by atomic mass is 9.68. The van der Waals surface area contributed by atoms with Gasteiger partial charge in [-0.2, -0.15) is 0 Å². The molecule has 0 saturated heterocycles. The molecule has 0 aliphatic heterocycles.